The number of carbonyl (C=O) groups excluding carboxylic acids is 3. The van der Waals surface area contributed by atoms with Gasteiger partial charge in [0.05, 0.1) is 12.3 Å². The lowest BCUT2D eigenvalue weighted by molar-refractivity contribution is -0.166. The fourth-order valence-electron chi connectivity index (χ4n) is 3.10. The number of hydrogen-bond acceptors (Lipinski definition) is 7. The summed E-state index contributed by atoms with van der Waals surface area (Å²) in [5, 5.41) is 10.2. The maximum Gasteiger partial charge on any atom is 0.332 e. The van der Waals surface area contributed by atoms with E-state index in [2.05, 4.69) is 5.32 Å². The van der Waals surface area contributed by atoms with E-state index in [1.165, 1.54) is 4.90 Å². The molecule has 0 bridgehead atoms. The number of fused-ring (bicyclic) bond motifs is 1. The smallest absolute Gasteiger partial charge is 0.332 e. The molecule has 0 fully saturated rings. The molecule has 2 aromatic rings. The van der Waals surface area contributed by atoms with E-state index in [9.17, 15) is 14.4 Å². The van der Waals surface area contributed by atoms with Gasteiger partial charge in [-0.05, 0) is 38.1 Å². The van der Waals surface area contributed by atoms with E-state index >= 15 is 0 Å². The fraction of sp³-hybridized carbons (Fsp3) is 0.273. The van der Waals surface area contributed by atoms with E-state index in [0.717, 1.165) is 0 Å². The summed E-state index contributed by atoms with van der Waals surface area (Å²) in [5.74, 6) is -1.17. The van der Waals surface area contributed by atoms with Crippen LogP contribution in [-0.2, 0) is 19.1 Å². The van der Waals surface area contributed by atoms with Gasteiger partial charge in [-0.15, -0.1) is 0 Å². The predicted octanol–water partition coefficient (Wildman–Crippen LogP) is 1.87. The number of likely N-dealkylation sites (N-methyl/N-ethyl adjacent to an activating group) is 1. The first kappa shape index (κ1) is 22.8. The van der Waals surface area contributed by atoms with Crippen molar-refractivity contribution in [3.05, 3.63) is 53.6 Å². The number of ether oxygens (including phenoxy) is 3. The second-order valence-corrected chi connectivity index (χ2v) is 6.78. The third-order valence-corrected chi connectivity index (χ3v) is 4.64. The van der Waals surface area contributed by atoms with Gasteiger partial charge in [-0.1, -0.05) is 12.1 Å². The molecule has 1 atom stereocenters. The zero-order valence-corrected chi connectivity index (χ0v) is 17.7. The van der Waals surface area contributed by atoms with Crippen molar-refractivity contribution in [3.8, 4) is 5.75 Å². The second-order valence-electron chi connectivity index (χ2n) is 6.78. The van der Waals surface area contributed by atoms with Crippen LogP contribution in [0, 0.1) is 5.41 Å². The molecule has 2 amide bonds. The van der Waals surface area contributed by atoms with Gasteiger partial charge >= 0.3 is 5.97 Å². The van der Waals surface area contributed by atoms with E-state index in [0.29, 0.717) is 34.8 Å². The Labute approximate surface area is 184 Å². The van der Waals surface area contributed by atoms with Crippen LogP contribution in [0.25, 0.3) is 0 Å². The number of anilines is 2. The van der Waals surface area contributed by atoms with Crippen LogP contribution < -0.4 is 20.7 Å². The number of nitrogens with two attached hydrogens (primary N) is 1. The Morgan fingerprint density at radius 3 is 2.47 bits per heavy atom. The molecule has 10 nitrogen and oxygen atoms in total. The first-order chi connectivity index (χ1) is 15.3. The van der Waals surface area contributed by atoms with Crippen molar-refractivity contribution in [2.45, 2.75) is 20.1 Å². The highest BCUT2D eigenvalue weighted by atomic mass is 16.7. The van der Waals surface area contributed by atoms with Crippen LogP contribution in [0.5, 0.6) is 5.75 Å². The quantitative estimate of drug-likeness (QED) is 0.323. The number of amides is 2. The average molecular weight is 440 g/mol. The summed E-state index contributed by atoms with van der Waals surface area (Å²) in [4.78, 5) is 38.2. The topological polar surface area (TPSA) is 144 Å². The molecule has 0 spiro atoms. The van der Waals surface area contributed by atoms with E-state index in [1.807, 2.05) is 0 Å². The van der Waals surface area contributed by atoms with Gasteiger partial charge in [-0.25, -0.2) is 4.79 Å². The van der Waals surface area contributed by atoms with Crippen molar-refractivity contribution < 1.29 is 28.6 Å². The Balaban J connectivity index is 1.76. The van der Waals surface area contributed by atoms with Gasteiger partial charge in [0.1, 0.15) is 18.2 Å². The van der Waals surface area contributed by atoms with Crippen molar-refractivity contribution in [1.82, 2.24) is 0 Å². The van der Waals surface area contributed by atoms with Gasteiger partial charge < -0.3 is 30.2 Å². The Bertz CT molecular complexity index is 1040. The molecule has 10 heteroatoms. The minimum atomic E-state index is -1.31. The van der Waals surface area contributed by atoms with E-state index < -0.39 is 24.8 Å². The average Bonchev–Trinajstić information content (AvgIpc) is 2.78. The molecule has 1 aliphatic rings. The summed E-state index contributed by atoms with van der Waals surface area (Å²) in [5.41, 5.74) is 7.30. The van der Waals surface area contributed by atoms with Crippen molar-refractivity contribution in [2.24, 2.45) is 5.73 Å². The van der Waals surface area contributed by atoms with Crippen LogP contribution in [0.15, 0.2) is 42.5 Å². The van der Waals surface area contributed by atoms with Gasteiger partial charge in [0.25, 0.3) is 18.1 Å². The summed E-state index contributed by atoms with van der Waals surface area (Å²) >= 11 is 0. The summed E-state index contributed by atoms with van der Waals surface area (Å²) in [6.45, 7) is 3.61. The molecule has 3 rings (SSSR count). The largest absolute Gasteiger partial charge is 0.464 e. The number of carbonyl (C=O) groups is 3. The first-order valence-electron chi connectivity index (χ1n) is 9.99. The molecule has 0 saturated carbocycles. The highest BCUT2D eigenvalue weighted by molar-refractivity contribution is 6.06. The zero-order valence-electron chi connectivity index (χ0n) is 17.7. The van der Waals surface area contributed by atoms with Crippen molar-refractivity contribution in [3.63, 3.8) is 0 Å². The van der Waals surface area contributed by atoms with Gasteiger partial charge in [0, 0.05) is 29.4 Å². The SMILES string of the molecule is CCOC(=O)COC1Oc2cc(NC(=O)c3ccc(C(=N)N)cc3)ccc2N(CC)C1=O. The summed E-state index contributed by atoms with van der Waals surface area (Å²) < 4.78 is 15.8. The van der Waals surface area contributed by atoms with Crippen LogP contribution in [-0.4, -0.2) is 49.7 Å². The Kier molecular flexibility index (Phi) is 7.06. The first-order valence-corrected chi connectivity index (χ1v) is 9.99. The molecule has 168 valence electrons. The maximum absolute atomic E-state index is 12.6. The number of nitrogens with zero attached hydrogens (tertiary/aromatic N) is 1. The number of nitrogens with one attached hydrogen (secondary N) is 2. The standard InChI is InChI=1S/C22H24N4O6/c1-3-26-16-10-9-15(25-20(28)14-7-5-13(6-8-14)19(23)24)11-17(16)32-22(21(26)29)31-12-18(27)30-4-2/h5-11,22H,3-4,12H2,1-2H3,(H3,23,24)(H,25,28). The Hall–Kier alpha value is -3.92. The molecule has 1 heterocycles. The predicted molar refractivity (Wildman–Crippen MR) is 117 cm³/mol. The molecular formula is C22H24N4O6. The molecule has 1 aliphatic heterocycles. The molecule has 2 aromatic carbocycles. The van der Waals surface area contributed by atoms with E-state index in [1.54, 1.807) is 56.3 Å². The van der Waals surface area contributed by atoms with Gasteiger partial charge in [0.2, 0.25) is 0 Å². The second kappa shape index (κ2) is 9.92. The van der Waals surface area contributed by atoms with Gasteiger partial charge in [-0.2, -0.15) is 0 Å². The van der Waals surface area contributed by atoms with Crippen LogP contribution in [0.3, 0.4) is 0 Å². The van der Waals surface area contributed by atoms with Crippen LogP contribution in [0.1, 0.15) is 29.8 Å². The number of benzene rings is 2. The minimum absolute atomic E-state index is 0.0847. The van der Waals surface area contributed by atoms with Crippen molar-refractivity contribution in [2.75, 3.05) is 30.0 Å². The van der Waals surface area contributed by atoms with Crippen LogP contribution in [0.2, 0.25) is 0 Å². The number of rotatable bonds is 8. The number of esters is 1. The monoisotopic (exact) mass is 440 g/mol. The van der Waals surface area contributed by atoms with E-state index in [4.69, 9.17) is 25.4 Å². The molecule has 0 radical (unpaired) electrons. The van der Waals surface area contributed by atoms with Crippen molar-refractivity contribution >= 4 is 35.0 Å². The number of nitrogen functional groups attached to an aromatic ring is 1. The lowest BCUT2D eigenvalue weighted by Crippen LogP contribution is -2.47. The maximum atomic E-state index is 12.6. The lowest BCUT2D eigenvalue weighted by atomic mass is 10.1. The Morgan fingerprint density at radius 1 is 1.16 bits per heavy atom. The van der Waals surface area contributed by atoms with E-state index in [-0.39, 0.29) is 18.3 Å². The zero-order chi connectivity index (χ0) is 23.3. The van der Waals surface area contributed by atoms with Crippen molar-refractivity contribution in [1.29, 1.82) is 5.41 Å². The van der Waals surface area contributed by atoms with Crippen LogP contribution in [0.4, 0.5) is 11.4 Å². The number of amidine groups is 1. The third kappa shape index (κ3) is 5.03. The Morgan fingerprint density at radius 2 is 1.84 bits per heavy atom. The molecular weight excluding hydrogens is 416 g/mol. The molecule has 1 unspecified atom stereocenters. The lowest BCUT2D eigenvalue weighted by Gasteiger charge is -2.33. The number of hydrogen-bond donors (Lipinski definition) is 3. The highest BCUT2D eigenvalue weighted by Crippen LogP contribution is 2.36. The molecule has 0 aliphatic carbocycles. The summed E-state index contributed by atoms with van der Waals surface area (Å²) in [7, 11) is 0. The van der Waals surface area contributed by atoms with Gasteiger partial charge in [0.15, 0.2) is 0 Å². The highest BCUT2D eigenvalue weighted by Gasteiger charge is 2.35. The molecule has 0 aromatic heterocycles. The van der Waals surface area contributed by atoms with Crippen LogP contribution >= 0.6 is 0 Å². The minimum Gasteiger partial charge on any atom is -0.464 e. The van der Waals surface area contributed by atoms with Gasteiger partial charge in [-0.3, -0.25) is 15.0 Å². The summed E-state index contributed by atoms with van der Waals surface area (Å²) in [6.07, 6.45) is -1.31. The third-order valence-electron chi connectivity index (χ3n) is 4.64. The molecule has 32 heavy (non-hydrogen) atoms. The fourth-order valence-corrected chi connectivity index (χ4v) is 3.10. The summed E-state index contributed by atoms with van der Waals surface area (Å²) in [6, 6.07) is 11.2. The molecule has 0 saturated heterocycles. The normalized spacial score (nSPS) is 14.9. The molecule has 4 N–H and O–H groups in total.